The molecule has 38 heavy (non-hydrogen) atoms. The normalized spacial score (nSPS) is 12.8. The number of alkyl halides is 9. The SMILES string of the molecule is N#Cc1ccc(-n2nnc(C(=O)NS(=O)(=O)c3cc(C(F)(F)F)ccc3C(F)(F)F)c2C(F)(F)F)c(Cl)c1. The number of halogens is 10. The highest BCUT2D eigenvalue weighted by Crippen LogP contribution is 2.39. The van der Waals surface area contributed by atoms with E-state index in [1.807, 2.05) is 0 Å². The number of nitrogens with zero attached hydrogens (tertiary/aromatic N) is 4. The molecule has 3 aromatic rings. The monoisotopic (exact) mass is 591 g/mol. The molecule has 0 aliphatic heterocycles. The van der Waals surface area contributed by atoms with E-state index in [1.54, 1.807) is 6.07 Å². The number of amides is 1. The summed E-state index contributed by atoms with van der Waals surface area (Å²) in [5, 5.41) is 14.4. The van der Waals surface area contributed by atoms with Crippen LogP contribution < -0.4 is 4.72 Å². The van der Waals surface area contributed by atoms with Gasteiger partial charge >= 0.3 is 18.5 Å². The van der Waals surface area contributed by atoms with Crippen LogP contribution in [-0.2, 0) is 28.6 Å². The maximum absolute atomic E-state index is 13.8. The van der Waals surface area contributed by atoms with Crippen molar-refractivity contribution in [1.29, 1.82) is 5.26 Å². The lowest BCUT2D eigenvalue weighted by atomic mass is 10.1. The smallest absolute Gasteiger partial charge is 0.266 e. The second-order valence-electron chi connectivity index (χ2n) is 7.12. The van der Waals surface area contributed by atoms with Crippen LogP contribution in [-0.4, -0.2) is 29.3 Å². The molecule has 2 aromatic carbocycles. The van der Waals surface area contributed by atoms with Gasteiger partial charge < -0.3 is 0 Å². The zero-order valence-electron chi connectivity index (χ0n) is 17.7. The fraction of sp³-hybridized carbons (Fsp3) is 0.158. The van der Waals surface area contributed by atoms with Crippen molar-refractivity contribution < 1.29 is 52.7 Å². The molecular weight excluding hydrogens is 585 g/mol. The highest BCUT2D eigenvalue weighted by Gasteiger charge is 2.44. The lowest BCUT2D eigenvalue weighted by Gasteiger charge is -2.16. The Morgan fingerprint density at radius 1 is 0.947 bits per heavy atom. The third-order valence-corrected chi connectivity index (χ3v) is 6.26. The Kier molecular flexibility index (Phi) is 7.16. The Bertz CT molecular complexity index is 1570. The first-order valence-corrected chi connectivity index (χ1v) is 11.2. The number of nitriles is 1. The van der Waals surface area contributed by atoms with Crippen molar-refractivity contribution in [2.45, 2.75) is 23.4 Å². The molecule has 0 atom stereocenters. The predicted molar refractivity (Wildman–Crippen MR) is 107 cm³/mol. The number of sulfonamides is 1. The van der Waals surface area contributed by atoms with Crippen molar-refractivity contribution in [3.05, 3.63) is 69.5 Å². The Balaban J connectivity index is 2.14. The maximum Gasteiger partial charge on any atom is 0.435 e. The minimum absolute atomic E-state index is 0.0452. The van der Waals surface area contributed by atoms with Crippen LogP contribution in [0.4, 0.5) is 39.5 Å². The van der Waals surface area contributed by atoms with Gasteiger partial charge in [0.2, 0.25) is 0 Å². The lowest BCUT2D eigenvalue weighted by molar-refractivity contribution is -0.143. The van der Waals surface area contributed by atoms with E-state index in [4.69, 9.17) is 16.9 Å². The highest BCUT2D eigenvalue weighted by atomic mass is 35.5. The van der Waals surface area contributed by atoms with Crippen molar-refractivity contribution in [1.82, 2.24) is 19.7 Å². The van der Waals surface area contributed by atoms with Crippen LogP contribution in [0.25, 0.3) is 5.69 Å². The van der Waals surface area contributed by atoms with Gasteiger partial charge in [0, 0.05) is 0 Å². The van der Waals surface area contributed by atoms with Gasteiger partial charge in [-0.15, -0.1) is 5.10 Å². The summed E-state index contributed by atoms with van der Waals surface area (Å²) >= 11 is 5.85. The number of aromatic nitrogens is 3. The quantitative estimate of drug-likeness (QED) is 0.428. The van der Waals surface area contributed by atoms with E-state index in [0.717, 1.165) is 22.9 Å². The standard InChI is InChI=1S/C19H7ClF9N5O3S/c20-11-5-8(7-30)1-4-12(11)34-15(19(27,28)29)14(31-33-34)16(35)32-38(36,37)13-6-9(17(21,22)23)2-3-10(13)18(24,25)26/h1-6H,(H,32,35). The Morgan fingerprint density at radius 3 is 2.08 bits per heavy atom. The van der Waals surface area contributed by atoms with Gasteiger partial charge in [0.05, 0.1) is 33.5 Å². The summed E-state index contributed by atoms with van der Waals surface area (Å²) in [6, 6.07) is 3.75. The molecule has 8 nitrogen and oxygen atoms in total. The van der Waals surface area contributed by atoms with Gasteiger partial charge in [-0.05, 0) is 36.4 Å². The molecule has 0 unspecified atom stereocenters. The number of carbonyl (C=O) groups excluding carboxylic acids is 1. The van der Waals surface area contributed by atoms with Crippen LogP contribution in [0.2, 0.25) is 5.02 Å². The molecular formula is C19H7ClF9N5O3S. The van der Waals surface area contributed by atoms with Crippen LogP contribution in [0, 0.1) is 11.3 Å². The summed E-state index contributed by atoms with van der Waals surface area (Å²) in [5.74, 6) is -2.26. The molecule has 0 saturated heterocycles. The summed E-state index contributed by atoms with van der Waals surface area (Å²) in [4.78, 5) is 10.4. The number of benzene rings is 2. The van der Waals surface area contributed by atoms with Crippen molar-refractivity contribution in [2.75, 3.05) is 0 Å². The molecule has 3 rings (SSSR count). The van der Waals surface area contributed by atoms with Gasteiger partial charge in [-0.3, -0.25) is 4.79 Å². The first-order chi connectivity index (χ1) is 17.3. The second-order valence-corrected chi connectivity index (χ2v) is 9.17. The van der Waals surface area contributed by atoms with Crippen molar-refractivity contribution in [2.24, 2.45) is 0 Å². The molecule has 1 N–H and O–H groups in total. The van der Waals surface area contributed by atoms with Gasteiger partial charge in [0.1, 0.15) is 4.90 Å². The van der Waals surface area contributed by atoms with Gasteiger partial charge in [-0.2, -0.15) is 44.8 Å². The molecule has 0 fully saturated rings. The zero-order valence-corrected chi connectivity index (χ0v) is 19.2. The van der Waals surface area contributed by atoms with E-state index < -0.39 is 78.6 Å². The molecule has 0 aliphatic carbocycles. The molecule has 0 saturated carbocycles. The molecule has 0 aliphatic rings. The van der Waals surface area contributed by atoms with E-state index in [2.05, 4.69) is 10.3 Å². The van der Waals surface area contributed by atoms with Crippen LogP contribution in [0.1, 0.15) is 32.9 Å². The first kappa shape index (κ1) is 28.7. The van der Waals surface area contributed by atoms with Crippen molar-refractivity contribution >= 4 is 27.5 Å². The molecule has 0 spiro atoms. The first-order valence-electron chi connectivity index (χ1n) is 9.36. The molecule has 0 radical (unpaired) electrons. The fourth-order valence-corrected chi connectivity index (χ4v) is 4.45. The predicted octanol–water partition coefficient (Wildman–Crippen LogP) is 4.97. The molecule has 1 heterocycles. The number of nitrogens with one attached hydrogen (secondary N) is 1. The fourth-order valence-electron chi connectivity index (χ4n) is 2.99. The minimum atomic E-state index is -5.87. The van der Waals surface area contributed by atoms with Crippen molar-refractivity contribution in [3.63, 3.8) is 0 Å². The van der Waals surface area contributed by atoms with Crippen LogP contribution in [0.5, 0.6) is 0 Å². The second kappa shape index (κ2) is 9.47. The molecule has 0 bridgehead atoms. The Labute approximate surface area is 210 Å². The van der Waals surface area contributed by atoms with Crippen molar-refractivity contribution in [3.8, 4) is 11.8 Å². The topological polar surface area (TPSA) is 118 Å². The zero-order chi connectivity index (χ0) is 28.8. The Morgan fingerprint density at radius 2 is 1.58 bits per heavy atom. The van der Waals surface area contributed by atoms with Gasteiger partial charge in [-0.25, -0.2) is 17.8 Å². The van der Waals surface area contributed by atoms with E-state index in [9.17, 15) is 52.7 Å². The number of rotatable bonds is 4. The summed E-state index contributed by atoms with van der Waals surface area (Å²) in [6.07, 6.45) is -16.3. The average Bonchev–Trinajstić information content (AvgIpc) is 3.23. The summed E-state index contributed by atoms with van der Waals surface area (Å²) in [6.45, 7) is 0. The third-order valence-electron chi connectivity index (χ3n) is 4.59. The van der Waals surface area contributed by atoms with E-state index in [0.29, 0.717) is 0 Å². The van der Waals surface area contributed by atoms with E-state index in [1.165, 1.54) is 0 Å². The number of hydrogen-bond acceptors (Lipinski definition) is 6. The van der Waals surface area contributed by atoms with Crippen LogP contribution in [0.15, 0.2) is 41.3 Å². The highest BCUT2D eigenvalue weighted by molar-refractivity contribution is 7.90. The van der Waals surface area contributed by atoms with Crippen LogP contribution >= 0.6 is 11.6 Å². The summed E-state index contributed by atoms with van der Waals surface area (Å²) in [7, 11) is -5.87. The maximum atomic E-state index is 13.8. The average molecular weight is 592 g/mol. The largest absolute Gasteiger partial charge is 0.435 e. The molecule has 1 amide bonds. The minimum Gasteiger partial charge on any atom is -0.266 e. The summed E-state index contributed by atoms with van der Waals surface area (Å²) < 4.78 is 146. The summed E-state index contributed by atoms with van der Waals surface area (Å²) in [5.41, 5.74) is -8.44. The van der Waals surface area contributed by atoms with E-state index in [-0.39, 0.29) is 22.4 Å². The van der Waals surface area contributed by atoms with Gasteiger partial charge in [0.25, 0.3) is 15.9 Å². The Hall–Kier alpha value is -3.85. The van der Waals surface area contributed by atoms with Gasteiger partial charge in [-0.1, -0.05) is 16.8 Å². The third kappa shape index (κ3) is 5.67. The molecule has 19 heteroatoms. The number of hydrogen-bond donors (Lipinski definition) is 1. The van der Waals surface area contributed by atoms with Crippen LogP contribution in [0.3, 0.4) is 0 Å². The van der Waals surface area contributed by atoms with Gasteiger partial charge in [0.15, 0.2) is 11.4 Å². The molecule has 1 aromatic heterocycles. The van der Waals surface area contributed by atoms with E-state index >= 15 is 0 Å². The molecule has 202 valence electrons. The lowest BCUT2D eigenvalue weighted by Crippen LogP contribution is -2.34. The number of carbonyl (C=O) groups is 1.